The summed E-state index contributed by atoms with van der Waals surface area (Å²) in [7, 11) is 0. The lowest BCUT2D eigenvalue weighted by Gasteiger charge is -2.06. The maximum absolute atomic E-state index is 13.4. The van der Waals surface area contributed by atoms with Crippen LogP contribution in [0.4, 0.5) is 10.2 Å². The monoisotopic (exact) mass is 247 g/mol. The van der Waals surface area contributed by atoms with Gasteiger partial charge in [-0.15, -0.1) is 0 Å². The molecule has 0 spiro atoms. The van der Waals surface area contributed by atoms with E-state index in [9.17, 15) is 4.39 Å². The molecule has 0 bridgehead atoms. The van der Waals surface area contributed by atoms with Gasteiger partial charge in [0.2, 0.25) is 0 Å². The Bertz CT molecular complexity index is 573. The molecule has 0 aliphatic carbocycles. The van der Waals surface area contributed by atoms with Gasteiger partial charge in [0.1, 0.15) is 23.2 Å². The van der Waals surface area contributed by atoms with E-state index in [1.807, 2.05) is 25.3 Å². The lowest BCUT2D eigenvalue weighted by Crippen LogP contribution is -2.04. The number of anilines is 1. The zero-order valence-corrected chi connectivity index (χ0v) is 11.0. The molecule has 0 fully saturated rings. The summed E-state index contributed by atoms with van der Waals surface area (Å²) < 4.78 is 15.3. The molecule has 0 radical (unpaired) electrons. The van der Waals surface area contributed by atoms with Crippen molar-refractivity contribution in [3.63, 3.8) is 0 Å². The van der Waals surface area contributed by atoms with E-state index in [0.29, 0.717) is 11.5 Å². The summed E-state index contributed by atoms with van der Waals surface area (Å²) in [6.07, 6.45) is 0.812. The van der Waals surface area contributed by atoms with Crippen LogP contribution in [0.2, 0.25) is 0 Å². The molecule has 1 aromatic heterocycles. The molecule has 0 unspecified atom stereocenters. The van der Waals surface area contributed by atoms with Gasteiger partial charge in [-0.3, -0.25) is 0 Å². The smallest absolute Gasteiger partial charge is 0.131 e. The number of hydrogen-bond acceptors (Lipinski definition) is 2. The summed E-state index contributed by atoms with van der Waals surface area (Å²) in [6, 6.07) is 4.70. The van der Waals surface area contributed by atoms with E-state index in [-0.39, 0.29) is 5.82 Å². The van der Waals surface area contributed by atoms with E-state index in [4.69, 9.17) is 5.73 Å². The van der Waals surface area contributed by atoms with E-state index in [2.05, 4.69) is 4.98 Å². The van der Waals surface area contributed by atoms with Gasteiger partial charge >= 0.3 is 0 Å². The molecule has 3 nitrogen and oxygen atoms in total. The number of halogens is 1. The van der Waals surface area contributed by atoms with Crippen LogP contribution in [-0.2, 0) is 13.0 Å². The highest BCUT2D eigenvalue weighted by Gasteiger charge is 2.16. The van der Waals surface area contributed by atoms with Crippen LogP contribution in [0.3, 0.4) is 0 Å². The summed E-state index contributed by atoms with van der Waals surface area (Å²) in [5, 5.41) is 0. The Labute approximate surface area is 106 Å². The van der Waals surface area contributed by atoms with Gasteiger partial charge in [0.05, 0.1) is 0 Å². The topological polar surface area (TPSA) is 43.8 Å². The van der Waals surface area contributed by atoms with Gasteiger partial charge in [-0.25, -0.2) is 9.37 Å². The Kier molecular flexibility index (Phi) is 3.36. The van der Waals surface area contributed by atoms with E-state index in [1.54, 1.807) is 6.07 Å². The number of imidazole rings is 1. The SMILES string of the molecule is CCc1nc(-c2cc(F)ccc2C)c(N)n1CC. The van der Waals surface area contributed by atoms with Crippen molar-refractivity contribution < 1.29 is 4.39 Å². The van der Waals surface area contributed by atoms with Gasteiger partial charge in [-0.2, -0.15) is 0 Å². The molecular weight excluding hydrogens is 229 g/mol. The highest BCUT2D eigenvalue weighted by Crippen LogP contribution is 2.29. The van der Waals surface area contributed by atoms with Crippen molar-refractivity contribution in [3.8, 4) is 11.3 Å². The molecule has 0 saturated heterocycles. The summed E-state index contributed by atoms with van der Waals surface area (Å²) in [4.78, 5) is 4.54. The summed E-state index contributed by atoms with van der Waals surface area (Å²) in [6.45, 7) is 6.77. The fraction of sp³-hybridized carbons (Fsp3) is 0.357. The van der Waals surface area contributed by atoms with Crippen LogP contribution in [0.15, 0.2) is 18.2 Å². The molecule has 0 aliphatic rings. The molecule has 96 valence electrons. The van der Waals surface area contributed by atoms with Crippen molar-refractivity contribution in [2.24, 2.45) is 0 Å². The summed E-state index contributed by atoms with van der Waals surface area (Å²) in [5.41, 5.74) is 8.56. The largest absolute Gasteiger partial charge is 0.383 e. The molecule has 0 atom stereocenters. The van der Waals surface area contributed by atoms with Crippen LogP contribution in [-0.4, -0.2) is 9.55 Å². The van der Waals surface area contributed by atoms with Gasteiger partial charge in [0, 0.05) is 18.5 Å². The third-order valence-electron chi connectivity index (χ3n) is 3.17. The van der Waals surface area contributed by atoms with Crippen molar-refractivity contribution in [3.05, 3.63) is 35.4 Å². The average molecular weight is 247 g/mol. The van der Waals surface area contributed by atoms with Crippen molar-refractivity contribution in [1.29, 1.82) is 0 Å². The lowest BCUT2D eigenvalue weighted by atomic mass is 10.1. The van der Waals surface area contributed by atoms with E-state index >= 15 is 0 Å². The van der Waals surface area contributed by atoms with E-state index in [0.717, 1.165) is 29.9 Å². The summed E-state index contributed by atoms with van der Waals surface area (Å²) in [5.74, 6) is 1.29. The van der Waals surface area contributed by atoms with Crippen LogP contribution < -0.4 is 5.73 Å². The molecule has 2 aromatic rings. The standard InChI is InChI=1S/C14H18FN3/c1-4-12-17-13(14(16)18(12)5-2)11-8-10(15)7-6-9(11)3/h6-8H,4-5,16H2,1-3H3. The normalized spacial score (nSPS) is 10.9. The Morgan fingerprint density at radius 1 is 1.33 bits per heavy atom. The van der Waals surface area contributed by atoms with Crippen molar-refractivity contribution in [2.75, 3.05) is 5.73 Å². The van der Waals surface area contributed by atoms with Gasteiger partial charge < -0.3 is 10.3 Å². The first-order chi connectivity index (χ1) is 8.58. The number of aryl methyl sites for hydroxylation is 2. The van der Waals surface area contributed by atoms with Gasteiger partial charge in [-0.1, -0.05) is 13.0 Å². The first-order valence-electron chi connectivity index (χ1n) is 6.19. The fourth-order valence-electron chi connectivity index (χ4n) is 2.18. The minimum absolute atomic E-state index is 0.265. The molecule has 0 saturated carbocycles. The molecule has 0 aliphatic heterocycles. The molecule has 1 heterocycles. The number of aromatic nitrogens is 2. The van der Waals surface area contributed by atoms with Crippen LogP contribution >= 0.6 is 0 Å². The van der Waals surface area contributed by atoms with Crippen LogP contribution in [0.25, 0.3) is 11.3 Å². The second-order valence-electron chi connectivity index (χ2n) is 4.32. The zero-order chi connectivity index (χ0) is 13.3. The van der Waals surface area contributed by atoms with Gasteiger partial charge in [-0.05, 0) is 31.5 Å². The van der Waals surface area contributed by atoms with Crippen molar-refractivity contribution in [2.45, 2.75) is 33.7 Å². The molecule has 2 rings (SSSR count). The number of rotatable bonds is 3. The van der Waals surface area contributed by atoms with Crippen LogP contribution in [0.5, 0.6) is 0 Å². The van der Waals surface area contributed by atoms with Gasteiger partial charge in [0.25, 0.3) is 0 Å². The highest BCUT2D eigenvalue weighted by molar-refractivity contribution is 5.73. The van der Waals surface area contributed by atoms with E-state index in [1.165, 1.54) is 12.1 Å². The Morgan fingerprint density at radius 2 is 2.06 bits per heavy atom. The lowest BCUT2D eigenvalue weighted by molar-refractivity contribution is 0.628. The predicted molar refractivity (Wildman–Crippen MR) is 71.8 cm³/mol. The number of nitrogens with zero attached hydrogens (tertiary/aromatic N) is 2. The number of benzene rings is 1. The number of nitrogens with two attached hydrogens (primary N) is 1. The van der Waals surface area contributed by atoms with Crippen molar-refractivity contribution in [1.82, 2.24) is 9.55 Å². The first kappa shape index (κ1) is 12.6. The number of hydrogen-bond donors (Lipinski definition) is 1. The maximum Gasteiger partial charge on any atom is 0.131 e. The van der Waals surface area contributed by atoms with Crippen LogP contribution in [0, 0.1) is 12.7 Å². The van der Waals surface area contributed by atoms with Gasteiger partial charge in [0.15, 0.2) is 0 Å². The molecule has 4 heteroatoms. The number of nitrogen functional groups attached to an aromatic ring is 1. The second kappa shape index (κ2) is 4.80. The Balaban J connectivity index is 2.64. The zero-order valence-electron chi connectivity index (χ0n) is 11.0. The maximum atomic E-state index is 13.4. The molecule has 0 amide bonds. The quantitative estimate of drug-likeness (QED) is 0.905. The highest BCUT2D eigenvalue weighted by atomic mass is 19.1. The minimum atomic E-state index is -0.265. The second-order valence-corrected chi connectivity index (χ2v) is 4.32. The molecule has 2 N–H and O–H groups in total. The predicted octanol–water partition coefficient (Wildman–Crippen LogP) is 3.16. The Morgan fingerprint density at radius 3 is 2.61 bits per heavy atom. The molecule has 18 heavy (non-hydrogen) atoms. The Hall–Kier alpha value is -1.84. The average Bonchev–Trinajstić information content (AvgIpc) is 2.68. The minimum Gasteiger partial charge on any atom is -0.383 e. The first-order valence-corrected chi connectivity index (χ1v) is 6.19. The summed E-state index contributed by atoms with van der Waals surface area (Å²) >= 11 is 0. The van der Waals surface area contributed by atoms with Crippen LogP contribution in [0.1, 0.15) is 25.2 Å². The molecule has 1 aromatic carbocycles. The fourth-order valence-corrected chi connectivity index (χ4v) is 2.18. The molecular formula is C14H18FN3. The third-order valence-corrected chi connectivity index (χ3v) is 3.17. The van der Waals surface area contributed by atoms with Crippen molar-refractivity contribution >= 4 is 5.82 Å². The third kappa shape index (κ3) is 1.98. The van der Waals surface area contributed by atoms with E-state index < -0.39 is 0 Å².